The van der Waals surface area contributed by atoms with Crippen LogP contribution in [0.2, 0.25) is 0 Å². The monoisotopic (exact) mass is 399 g/mol. The van der Waals surface area contributed by atoms with E-state index in [4.69, 9.17) is 4.74 Å². The zero-order valence-corrected chi connectivity index (χ0v) is 16.2. The number of nitrogens with one attached hydrogen (secondary N) is 1. The van der Waals surface area contributed by atoms with E-state index in [9.17, 15) is 9.18 Å². The Morgan fingerprint density at radius 3 is 2.40 bits per heavy atom. The van der Waals surface area contributed by atoms with Crippen LogP contribution in [0.5, 0.6) is 5.75 Å². The molecule has 30 heavy (non-hydrogen) atoms. The summed E-state index contributed by atoms with van der Waals surface area (Å²) >= 11 is 0. The van der Waals surface area contributed by atoms with Crippen molar-refractivity contribution in [3.63, 3.8) is 0 Å². The van der Waals surface area contributed by atoms with E-state index in [0.29, 0.717) is 17.1 Å². The van der Waals surface area contributed by atoms with Gasteiger partial charge in [-0.3, -0.25) is 14.8 Å². The number of methoxy groups -OCH3 is 1. The minimum Gasteiger partial charge on any atom is -0.496 e. The molecule has 2 heterocycles. The Hall–Kier alpha value is -3.93. The smallest absolute Gasteiger partial charge is 0.277 e. The number of benzene rings is 3. The second kappa shape index (κ2) is 7.15. The first-order valence-corrected chi connectivity index (χ1v) is 9.54. The second-order valence-corrected chi connectivity index (χ2v) is 7.02. The third-order valence-corrected chi connectivity index (χ3v) is 5.35. The molecule has 0 radical (unpaired) electrons. The largest absolute Gasteiger partial charge is 0.496 e. The van der Waals surface area contributed by atoms with E-state index in [1.54, 1.807) is 24.1 Å². The second-order valence-electron chi connectivity index (χ2n) is 7.02. The molecule has 1 aliphatic rings. The maximum atomic E-state index is 13.5. The molecule has 1 aromatic heterocycles. The number of nitrogens with zero attached hydrogens (tertiary/aromatic N) is 2. The van der Waals surface area contributed by atoms with E-state index in [2.05, 4.69) is 10.2 Å². The first kappa shape index (κ1) is 18.1. The number of para-hydroxylation sites is 2. The van der Waals surface area contributed by atoms with Crippen LogP contribution in [-0.2, 0) is 0 Å². The molecule has 0 aliphatic carbocycles. The van der Waals surface area contributed by atoms with Crippen molar-refractivity contribution in [2.24, 2.45) is 0 Å². The highest BCUT2D eigenvalue weighted by Crippen LogP contribution is 2.47. The summed E-state index contributed by atoms with van der Waals surface area (Å²) in [5, 5.41) is 7.32. The number of hydrogen-bond donors (Lipinski definition) is 1. The van der Waals surface area contributed by atoms with Gasteiger partial charge in [0.1, 0.15) is 17.3 Å². The minimum absolute atomic E-state index is 0.173. The lowest BCUT2D eigenvalue weighted by Gasteiger charge is -2.27. The highest BCUT2D eigenvalue weighted by atomic mass is 19.1. The SMILES string of the molecule is COc1ccccc1[C@@H]1c2c(-c3ccc(F)cc3)n[nH]c2C(=O)N1c1ccccc1. The number of H-pyrrole nitrogens is 1. The zero-order chi connectivity index (χ0) is 20.7. The number of carbonyl (C=O) groups excluding carboxylic acids is 1. The highest BCUT2D eigenvalue weighted by molar-refractivity contribution is 6.11. The minimum atomic E-state index is -0.440. The first-order chi connectivity index (χ1) is 14.7. The molecule has 0 spiro atoms. The molecule has 0 fully saturated rings. The third kappa shape index (κ3) is 2.76. The fourth-order valence-electron chi connectivity index (χ4n) is 4.02. The zero-order valence-electron chi connectivity index (χ0n) is 16.2. The molecule has 0 saturated heterocycles. The van der Waals surface area contributed by atoms with Gasteiger partial charge in [-0.15, -0.1) is 0 Å². The van der Waals surface area contributed by atoms with Gasteiger partial charge >= 0.3 is 0 Å². The number of fused-ring (bicyclic) bond motifs is 1. The van der Waals surface area contributed by atoms with Gasteiger partial charge in [-0.1, -0.05) is 36.4 Å². The lowest BCUT2D eigenvalue weighted by molar-refractivity contribution is 0.0988. The number of carbonyl (C=O) groups is 1. The van der Waals surface area contributed by atoms with Crippen LogP contribution < -0.4 is 9.64 Å². The predicted molar refractivity (Wildman–Crippen MR) is 112 cm³/mol. The molecule has 4 aromatic rings. The van der Waals surface area contributed by atoms with E-state index in [0.717, 1.165) is 22.4 Å². The number of amides is 1. The summed E-state index contributed by atoms with van der Waals surface area (Å²) in [6, 6.07) is 22.8. The van der Waals surface area contributed by atoms with Gasteiger partial charge in [0.05, 0.1) is 18.8 Å². The third-order valence-electron chi connectivity index (χ3n) is 5.35. The van der Waals surface area contributed by atoms with Crippen LogP contribution in [0.1, 0.15) is 27.7 Å². The van der Waals surface area contributed by atoms with Gasteiger partial charge in [0, 0.05) is 22.4 Å². The van der Waals surface area contributed by atoms with Crippen molar-refractivity contribution in [2.75, 3.05) is 12.0 Å². The van der Waals surface area contributed by atoms with Crippen LogP contribution in [-0.4, -0.2) is 23.2 Å². The Kier molecular flexibility index (Phi) is 4.32. The molecule has 5 nitrogen and oxygen atoms in total. The number of aromatic amines is 1. The molecular weight excluding hydrogens is 381 g/mol. The number of anilines is 1. The van der Waals surface area contributed by atoms with Crippen LogP contribution in [0, 0.1) is 5.82 Å². The predicted octanol–water partition coefficient (Wildman–Crippen LogP) is 4.97. The van der Waals surface area contributed by atoms with Gasteiger partial charge in [-0.2, -0.15) is 5.10 Å². The van der Waals surface area contributed by atoms with E-state index >= 15 is 0 Å². The van der Waals surface area contributed by atoms with Gasteiger partial charge < -0.3 is 4.74 Å². The van der Waals surface area contributed by atoms with Crippen molar-refractivity contribution in [2.45, 2.75) is 6.04 Å². The molecule has 148 valence electrons. The van der Waals surface area contributed by atoms with Gasteiger partial charge in [-0.25, -0.2) is 4.39 Å². The molecule has 0 unspecified atom stereocenters. The van der Waals surface area contributed by atoms with E-state index in [-0.39, 0.29) is 11.7 Å². The molecule has 6 heteroatoms. The summed E-state index contributed by atoms with van der Waals surface area (Å²) in [6.45, 7) is 0. The molecule has 1 amide bonds. The Morgan fingerprint density at radius 1 is 0.967 bits per heavy atom. The fraction of sp³-hybridized carbons (Fsp3) is 0.0833. The van der Waals surface area contributed by atoms with Crippen LogP contribution in [0.15, 0.2) is 78.9 Å². The van der Waals surface area contributed by atoms with Crippen molar-refractivity contribution in [3.05, 3.63) is 102 Å². The van der Waals surface area contributed by atoms with Gasteiger partial charge in [-0.05, 0) is 42.5 Å². The maximum absolute atomic E-state index is 13.5. The lowest BCUT2D eigenvalue weighted by atomic mass is 9.95. The van der Waals surface area contributed by atoms with Crippen LogP contribution in [0.4, 0.5) is 10.1 Å². The summed E-state index contributed by atoms with van der Waals surface area (Å²) in [5.74, 6) is 0.178. The van der Waals surface area contributed by atoms with Gasteiger partial charge in [0.2, 0.25) is 0 Å². The summed E-state index contributed by atoms with van der Waals surface area (Å²) in [7, 11) is 1.61. The van der Waals surface area contributed by atoms with E-state index in [1.165, 1.54) is 12.1 Å². The fourth-order valence-corrected chi connectivity index (χ4v) is 4.02. The number of hydrogen-bond acceptors (Lipinski definition) is 3. The lowest BCUT2D eigenvalue weighted by Crippen LogP contribution is -2.29. The summed E-state index contributed by atoms with van der Waals surface area (Å²) in [5.41, 5.74) is 4.15. The molecule has 1 atom stereocenters. The topological polar surface area (TPSA) is 58.2 Å². The standard InChI is InChI=1S/C24H18FN3O2/c1-30-19-10-6-5-9-18(19)23-20-21(15-11-13-16(25)14-12-15)26-27-22(20)24(29)28(23)17-7-3-2-4-8-17/h2-14,23H,1H3,(H,26,27)/t23-/m1/s1. The van der Waals surface area contributed by atoms with Crippen molar-refractivity contribution >= 4 is 11.6 Å². The summed E-state index contributed by atoms with van der Waals surface area (Å²) in [6.07, 6.45) is 0. The summed E-state index contributed by atoms with van der Waals surface area (Å²) in [4.78, 5) is 15.2. The molecule has 0 saturated carbocycles. The van der Waals surface area contributed by atoms with Gasteiger partial charge in [0.15, 0.2) is 0 Å². The number of rotatable bonds is 4. The molecule has 1 N–H and O–H groups in total. The van der Waals surface area contributed by atoms with E-state index < -0.39 is 6.04 Å². The van der Waals surface area contributed by atoms with Crippen molar-refractivity contribution in [3.8, 4) is 17.0 Å². The van der Waals surface area contributed by atoms with Gasteiger partial charge in [0.25, 0.3) is 5.91 Å². The average Bonchev–Trinajstić information content (AvgIpc) is 3.34. The first-order valence-electron chi connectivity index (χ1n) is 9.54. The number of aromatic nitrogens is 2. The van der Waals surface area contributed by atoms with Crippen LogP contribution in [0.3, 0.4) is 0 Å². The average molecular weight is 399 g/mol. The maximum Gasteiger partial charge on any atom is 0.277 e. The molecule has 5 rings (SSSR count). The Balaban J connectivity index is 1.75. The van der Waals surface area contributed by atoms with Crippen molar-refractivity contribution in [1.29, 1.82) is 0 Å². The number of ether oxygens (including phenoxy) is 1. The van der Waals surface area contributed by atoms with E-state index in [1.807, 2.05) is 54.6 Å². The Bertz CT molecular complexity index is 1220. The molecular formula is C24H18FN3O2. The quantitative estimate of drug-likeness (QED) is 0.527. The van der Waals surface area contributed by atoms with Crippen LogP contribution >= 0.6 is 0 Å². The molecule has 0 bridgehead atoms. The highest BCUT2D eigenvalue weighted by Gasteiger charge is 2.44. The summed E-state index contributed by atoms with van der Waals surface area (Å²) < 4.78 is 19.1. The van der Waals surface area contributed by atoms with Crippen molar-refractivity contribution < 1.29 is 13.9 Å². The normalized spacial score (nSPS) is 15.3. The van der Waals surface area contributed by atoms with Crippen molar-refractivity contribution in [1.82, 2.24) is 10.2 Å². The Labute approximate surface area is 172 Å². The Morgan fingerprint density at radius 2 is 1.67 bits per heavy atom. The molecule has 1 aliphatic heterocycles. The van der Waals surface area contributed by atoms with Crippen LogP contribution in [0.25, 0.3) is 11.3 Å². The molecule has 3 aromatic carbocycles. The number of halogens is 1.